The molecule has 0 radical (unpaired) electrons. The standard InChI is InChI=1S/C10H11N3O/c14-9-6-3-1-2-4-8(6)12-10-7(9)5-11-13-10/h1-8,10,12-13H. The van der Waals surface area contributed by atoms with Gasteiger partial charge in [0.15, 0.2) is 5.78 Å². The molecule has 1 fully saturated rings. The number of rotatable bonds is 0. The molecule has 3 rings (SSSR count). The lowest BCUT2D eigenvalue weighted by molar-refractivity contribution is -0.126. The molecule has 0 spiro atoms. The second-order valence-corrected chi connectivity index (χ2v) is 3.80. The van der Waals surface area contributed by atoms with Crippen molar-refractivity contribution in [3.8, 4) is 0 Å². The first-order valence-corrected chi connectivity index (χ1v) is 4.80. The van der Waals surface area contributed by atoms with Gasteiger partial charge in [-0.05, 0) is 0 Å². The van der Waals surface area contributed by atoms with E-state index in [2.05, 4.69) is 15.8 Å². The molecule has 1 aliphatic carbocycles. The van der Waals surface area contributed by atoms with Crippen molar-refractivity contribution in [2.75, 3.05) is 0 Å². The van der Waals surface area contributed by atoms with Gasteiger partial charge in [-0.1, -0.05) is 24.3 Å². The van der Waals surface area contributed by atoms with Crippen molar-refractivity contribution in [2.24, 2.45) is 16.9 Å². The molecule has 14 heavy (non-hydrogen) atoms. The first-order chi connectivity index (χ1) is 6.86. The van der Waals surface area contributed by atoms with E-state index in [1.807, 2.05) is 24.3 Å². The molecule has 1 saturated heterocycles. The monoisotopic (exact) mass is 189 g/mol. The van der Waals surface area contributed by atoms with Gasteiger partial charge in [0.05, 0.1) is 11.8 Å². The van der Waals surface area contributed by atoms with E-state index in [4.69, 9.17) is 0 Å². The minimum Gasteiger partial charge on any atom is -0.298 e. The average molecular weight is 189 g/mol. The summed E-state index contributed by atoms with van der Waals surface area (Å²) in [7, 11) is 0. The Hall–Kier alpha value is -1.42. The van der Waals surface area contributed by atoms with Gasteiger partial charge in [0.25, 0.3) is 0 Å². The zero-order valence-electron chi connectivity index (χ0n) is 7.55. The van der Waals surface area contributed by atoms with Crippen LogP contribution in [0.15, 0.2) is 29.4 Å². The number of nitrogens with zero attached hydrogens (tertiary/aromatic N) is 1. The van der Waals surface area contributed by atoms with Gasteiger partial charge >= 0.3 is 0 Å². The first kappa shape index (κ1) is 7.94. The van der Waals surface area contributed by atoms with E-state index in [0.717, 1.165) is 0 Å². The fourth-order valence-corrected chi connectivity index (χ4v) is 2.22. The Balaban J connectivity index is 1.93. The number of allylic oxidation sites excluding steroid dienone is 2. The molecule has 4 heteroatoms. The van der Waals surface area contributed by atoms with Crippen molar-refractivity contribution in [1.29, 1.82) is 0 Å². The highest BCUT2D eigenvalue weighted by atomic mass is 16.1. The maximum absolute atomic E-state index is 12.0. The molecular weight excluding hydrogens is 178 g/mol. The molecule has 4 unspecified atom stereocenters. The van der Waals surface area contributed by atoms with Crippen molar-refractivity contribution in [3.05, 3.63) is 24.3 Å². The van der Waals surface area contributed by atoms with E-state index in [9.17, 15) is 4.79 Å². The Morgan fingerprint density at radius 3 is 3.00 bits per heavy atom. The normalized spacial score (nSPS) is 43.3. The SMILES string of the molecule is O=C1C2C=CC=CC2NC2NN=CC12. The maximum atomic E-state index is 12.0. The highest BCUT2D eigenvalue weighted by molar-refractivity contribution is 6.00. The molecule has 2 heterocycles. The molecule has 3 aliphatic rings. The summed E-state index contributed by atoms with van der Waals surface area (Å²) in [4.78, 5) is 12.0. The molecule has 0 aromatic carbocycles. The number of carbonyl (C=O) groups is 1. The summed E-state index contributed by atoms with van der Waals surface area (Å²) in [6.45, 7) is 0. The van der Waals surface area contributed by atoms with Crippen molar-refractivity contribution in [2.45, 2.75) is 12.2 Å². The third-order valence-corrected chi connectivity index (χ3v) is 2.97. The Morgan fingerprint density at radius 2 is 2.07 bits per heavy atom. The molecule has 0 amide bonds. The van der Waals surface area contributed by atoms with Crippen LogP contribution in [0.25, 0.3) is 0 Å². The van der Waals surface area contributed by atoms with E-state index in [1.165, 1.54) is 0 Å². The van der Waals surface area contributed by atoms with Gasteiger partial charge in [0.1, 0.15) is 6.17 Å². The minimum atomic E-state index is -0.104. The van der Waals surface area contributed by atoms with Crippen LogP contribution in [0.4, 0.5) is 0 Å². The van der Waals surface area contributed by atoms with E-state index < -0.39 is 0 Å². The number of carbonyl (C=O) groups excluding carboxylic acids is 1. The fourth-order valence-electron chi connectivity index (χ4n) is 2.22. The summed E-state index contributed by atoms with van der Waals surface area (Å²) in [5, 5.41) is 7.28. The third kappa shape index (κ3) is 0.974. The number of piperidine rings is 1. The predicted octanol–water partition coefficient (Wildman–Crippen LogP) is -0.199. The summed E-state index contributed by atoms with van der Waals surface area (Å²) in [6, 6.07) is 0.128. The van der Waals surface area contributed by atoms with Crippen LogP contribution >= 0.6 is 0 Å². The van der Waals surface area contributed by atoms with Crippen molar-refractivity contribution >= 4 is 12.0 Å². The van der Waals surface area contributed by atoms with Gasteiger partial charge in [-0.25, -0.2) is 0 Å². The number of hydrogen-bond acceptors (Lipinski definition) is 4. The third-order valence-electron chi connectivity index (χ3n) is 2.97. The van der Waals surface area contributed by atoms with Crippen molar-refractivity contribution < 1.29 is 4.79 Å². The second kappa shape index (κ2) is 2.78. The predicted molar refractivity (Wildman–Crippen MR) is 52.6 cm³/mol. The quantitative estimate of drug-likeness (QED) is 0.555. The van der Waals surface area contributed by atoms with Crippen LogP contribution in [0, 0.1) is 11.8 Å². The molecule has 0 bridgehead atoms. The van der Waals surface area contributed by atoms with Crippen LogP contribution in [-0.4, -0.2) is 24.2 Å². The molecule has 4 atom stereocenters. The summed E-state index contributed by atoms with van der Waals surface area (Å²) in [5.74, 6) is 0.133. The summed E-state index contributed by atoms with van der Waals surface area (Å²) in [6.07, 6.45) is 9.57. The molecule has 0 aromatic heterocycles. The van der Waals surface area contributed by atoms with Gasteiger partial charge in [-0.3, -0.25) is 15.5 Å². The molecule has 2 aliphatic heterocycles. The highest BCUT2D eigenvalue weighted by Crippen LogP contribution is 2.25. The maximum Gasteiger partial charge on any atom is 0.153 e. The van der Waals surface area contributed by atoms with Gasteiger partial charge in [-0.15, -0.1) is 0 Å². The van der Waals surface area contributed by atoms with Crippen LogP contribution < -0.4 is 10.7 Å². The Labute approximate surface area is 81.8 Å². The van der Waals surface area contributed by atoms with Crippen LogP contribution in [0.5, 0.6) is 0 Å². The zero-order valence-corrected chi connectivity index (χ0v) is 7.55. The summed E-state index contributed by atoms with van der Waals surface area (Å²) in [5.41, 5.74) is 2.90. The molecular formula is C10H11N3O. The second-order valence-electron chi connectivity index (χ2n) is 3.80. The number of hydrazone groups is 1. The van der Waals surface area contributed by atoms with Gasteiger partial charge in [0, 0.05) is 12.3 Å². The van der Waals surface area contributed by atoms with Gasteiger partial charge in [-0.2, -0.15) is 5.10 Å². The number of fused-ring (bicyclic) bond motifs is 2. The average Bonchev–Trinajstić information content (AvgIpc) is 2.66. The summed E-state index contributed by atoms with van der Waals surface area (Å²) >= 11 is 0. The zero-order chi connectivity index (χ0) is 9.54. The molecule has 2 N–H and O–H groups in total. The molecule has 72 valence electrons. The van der Waals surface area contributed by atoms with Gasteiger partial charge < -0.3 is 0 Å². The smallest absolute Gasteiger partial charge is 0.153 e. The van der Waals surface area contributed by atoms with Crippen LogP contribution in [0.3, 0.4) is 0 Å². The lowest BCUT2D eigenvalue weighted by atomic mass is 9.80. The highest BCUT2D eigenvalue weighted by Gasteiger charge is 2.43. The van der Waals surface area contributed by atoms with E-state index in [0.29, 0.717) is 0 Å². The van der Waals surface area contributed by atoms with Gasteiger partial charge in [0.2, 0.25) is 0 Å². The van der Waals surface area contributed by atoms with Crippen LogP contribution in [0.1, 0.15) is 0 Å². The fraction of sp³-hybridized carbons (Fsp3) is 0.400. The van der Waals surface area contributed by atoms with Crippen molar-refractivity contribution in [3.63, 3.8) is 0 Å². The number of hydrogen-bond donors (Lipinski definition) is 2. The lowest BCUT2D eigenvalue weighted by Crippen LogP contribution is -2.59. The topological polar surface area (TPSA) is 53.5 Å². The Bertz CT molecular complexity index is 358. The van der Waals surface area contributed by atoms with Crippen molar-refractivity contribution in [1.82, 2.24) is 10.7 Å². The Morgan fingerprint density at radius 1 is 1.21 bits per heavy atom. The minimum absolute atomic E-state index is 0.0140. The molecule has 0 saturated carbocycles. The van der Waals surface area contributed by atoms with E-state index in [1.54, 1.807) is 6.21 Å². The molecule has 4 nitrogen and oxygen atoms in total. The Kier molecular flexibility index (Phi) is 1.58. The van der Waals surface area contributed by atoms with E-state index in [-0.39, 0.29) is 29.8 Å². The lowest BCUT2D eigenvalue weighted by Gasteiger charge is -2.35. The van der Waals surface area contributed by atoms with E-state index >= 15 is 0 Å². The molecule has 0 aromatic rings. The summed E-state index contributed by atoms with van der Waals surface area (Å²) < 4.78 is 0. The largest absolute Gasteiger partial charge is 0.298 e. The number of ketones is 1. The first-order valence-electron chi connectivity index (χ1n) is 4.80. The van der Waals surface area contributed by atoms with Crippen LogP contribution in [-0.2, 0) is 4.79 Å². The number of nitrogens with one attached hydrogen (secondary N) is 2. The van der Waals surface area contributed by atoms with Crippen LogP contribution in [0.2, 0.25) is 0 Å². The number of Topliss-reactive ketones (excluding diaryl/α,β-unsaturated/α-hetero) is 1.